The van der Waals surface area contributed by atoms with Crippen molar-refractivity contribution in [2.75, 3.05) is 39.4 Å². The summed E-state index contributed by atoms with van der Waals surface area (Å²) in [6, 6.07) is 9.38. The first-order valence-corrected chi connectivity index (χ1v) is 11.1. The van der Waals surface area contributed by atoms with Gasteiger partial charge in [0.25, 0.3) is 5.91 Å². The number of amides is 1. The summed E-state index contributed by atoms with van der Waals surface area (Å²) in [6.45, 7) is 3.75. The fraction of sp³-hybridized carbons (Fsp3) is 0.391. The number of nitrogens with zero attached hydrogens (tertiary/aromatic N) is 3. The maximum atomic E-state index is 13.3. The smallest absolute Gasteiger partial charge is 0.253 e. The monoisotopic (exact) mass is 457 g/mol. The number of aliphatic hydroxyl groups excluding tert-OH is 1. The zero-order valence-corrected chi connectivity index (χ0v) is 18.5. The lowest BCUT2D eigenvalue weighted by molar-refractivity contribution is 0.0161. The van der Waals surface area contributed by atoms with Crippen LogP contribution in [-0.2, 0) is 11.3 Å². The van der Waals surface area contributed by atoms with E-state index >= 15 is 0 Å². The van der Waals surface area contributed by atoms with E-state index in [4.69, 9.17) is 22.1 Å². The van der Waals surface area contributed by atoms with Crippen LogP contribution in [0.1, 0.15) is 22.0 Å². The van der Waals surface area contributed by atoms with E-state index in [-0.39, 0.29) is 25.0 Å². The zero-order valence-electron chi connectivity index (χ0n) is 17.8. The van der Waals surface area contributed by atoms with Crippen LogP contribution >= 0.6 is 11.6 Å². The molecule has 9 heteroatoms. The third kappa shape index (κ3) is 4.95. The zero-order chi connectivity index (χ0) is 22.5. The van der Waals surface area contributed by atoms with Crippen molar-refractivity contribution in [1.29, 1.82) is 0 Å². The number of halogens is 1. The summed E-state index contributed by atoms with van der Waals surface area (Å²) in [5.41, 5.74) is 7.88. The van der Waals surface area contributed by atoms with Gasteiger partial charge in [-0.1, -0.05) is 23.7 Å². The lowest BCUT2D eigenvalue weighted by atomic mass is 10.1. The summed E-state index contributed by atoms with van der Waals surface area (Å²) < 4.78 is 7.32. The number of hydrogen-bond donors (Lipinski definition) is 3. The van der Waals surface area contributed by atoms with Gasteiger partial charge >= 0.3 is 0 Å². The third-order valence-corrected chi connectivity index (χ3v) is 6.11. The number of benzene rings is 1. The highest BCUT2D eigenvalue weighted by Gasteiger charge is 2.25. The standard InChI is InChI=1S/C23H28ClN5O3/c24-19-4-1-5-20-22(19)18(15-29(20)14-17(30)11-25)23(31)27-13-21(16-3-2-6-26-12-16)28-7-9-32-10-8-28/h1-6,12,15,17,21,30H,7-11,13-14,25H2,(H,27,31)/t17-,21?/m1/s1. The molecule has 0 radical (unpaired) electrons. The number of fused-ring (bicyclic) bond motifs is 1. The molecule has 0 bridgehead atoms. The van der Waals surface area contributed by atoms with Gasteiger partial charge in [-0.3, -0.25) is 14.7 Å². The van der Waals surface area contributed by atoms with Crippen molar-refractivity contribution in [2.24, 2.45) is 5.73 Å². The quantitative estimate of drug-likeness (QED) is 0.476. The maximum Gasteiger partial charge on any atom is 0.253 e. The van der Waals surface area contributed by atoms with E-state index in [1.165, 1.54) is 0 Å². The molecule has 1 amide bonds. The highest BCUT2D eigenvalue weighted by Crippen LogP contribution is 2.29. The van der Waals surface area contributed by atoms with Crippen LogP contribution in [0.5, 0.6) is 0 Å². The molecule has 32 heavy (non-hydrogen) atoms. The third-order valence-electron chi connectivity index (χ3n) is 5.79. The van der Waals surface area contributed by atoms with E-state index in [2.05, 4.69) is 15.2 Å². The topological polar surface area (TPSA) is 106 Å². The minimum atomic E-state index is -0.711. The molecule has 1 aliphatic rings. The van der Waals surface area contributed by atoms with Gasteiger partial charge in [-0.05, 0) is 23.8 Å². The fourth-order valence-corrected chi connectivity index (χ4v) is 4.41. The number of hydrogen-bond acceptors (Lipinski definition) is 6. The Hall–Kier alpha value is -2.49. The molecule has 3 heterocycles. The van der Waals surface area contributed by atoms with Crippen LogP contribution in [0.4, 0.5) is 0 Å². The summed E-state index contributed by atoms with van der Waals surface area (Å²) in [4.78, 5) is 19.8. The number of rotatable bonds is 8. The van der Waals surface area contributed by atoms with E-state index in [1.807, 2.05) is 35.0 Å². The Morgan fingerprint density at radius 2 is 2.09 bits per heavy atom. The minimum absolute atomic E-state index is 0.0144. The van der Waals surface area contributed by atoms with Crippen LogP contribution < -0.4 is 11.1 Å². The number of carbonyl (C=O) groups is 1. The SMILES string of the molecule is NC[C@@H](O)Cn1cc(C(=O)NCC(c2cccnc2)N2CCOCC2)c2c(Cl)cccc21. The first-order chi connectivity index (χ1) is 15.6. The number of aliphatic hydroxyl groups is 1. The van der Waals surface area contributed by atoms with Gasteiger partial charge in [0.15, 0.2) is 0 Å². The molecular weight excluding hydrogens is 430 g/mol. The predicted molar refractivity (Wildman–Crippen MR) is 124 cm³/mol. The summed E-state index contributed by atoms with van der Waals surface area (Å²) in [7, 11) is 0. The van der Waals surface area contributed by atoms with Crippen LogP contribution in [-0.4, -0.2) is 71.0 Å². The first-order valence-electron chi connectivity index (χ1n) is 10.7. The van der Waals surface area contributed by atoms with E-state index in [9.17, 15) is 9.90 Å². The molecule has 0 saturated carbocycles. The molecule has 2 aromatic heterocycles. The van der Waals surface area contributed by atoms with Gasteiger partial charge in [0.1, 0.15) is 0 Å². The van der Waals surface area contributed by atoms with Crippen molar-refractivity contribution in [3.05, 3.63) is 65.1 Å². The van der Waals surface area contributed by atoms with Crippen molar-refractivity contribution < 1.29 is 14.6 Å². The summed E-state index contributed by atoms with van der Waals surface area (Å²) in [6.07, 6.45) is 4.60. The summed E-state index contributed by atoms with van der Waals surface area (Å²) in [5, 5.41) is 14.3. The van der Waals surface area contributed by atoms with Crippen LogP contribution in [0.2, 0.25) is 5.02 Å². The number of nitrogens with one attached hydrogen (secondary N) is 1. The minimum Gasteiger partial charge on any atom is -0.390 e. The maximum absolute atomic E-state index is 13.3. The van der Waals surface area contributed by atoms with Gasteiger partial charge < -0.3 is 25.5 Å². The molecule has 8 nitrogen and oxygen atoms in total. The molecule has 0 spiro atoms. The second-order valence-corrected chi connectivity index (χ2v) is 8.29. The highest BCUT2D eigenvalue weighted by atomic mass is 35.5. The number of nitrogens with two attached hydrogens (primary N) is 1. The van der Waals surface area contributed by atoms with Crippen LogP contribution in [0.25, 0.3) is 10.9 Å². The van der Waals surface area contributed by atoms with Crippen molar-refractivity contribution in [2.45, 2.75) is 18.7 Å². The van der Waals surface area contributed by atoms with Crippen LogP contribution in [0.3, 0.4) is 0 Å². The molecule has 2 atom stereocenters. The molecule has 3 aromatic rings. The van der Waals surface area contributed by atoms with Crippen LogP contribution in [0.15, 0.2) is 48.9 Å². The van der Waals surface area contributed by atoms with E-state index < -0.39 is 6.10 Å². The molecule has 170 valence electrons. The van der Waals surface area contributed by atoms with Crippen molar-refractivity contribution in [3.63, 3.8) is 0 Å². The van der Waals surface area contributed by atoms with Gasteiger partial charge in [-0.2, -0.15) is 0 Å². The number of morpholine rings is 1. The largest absolute Gasteiger partial charge is 0.390 e. The Morgan fingerprint density at radius 3 is 2.81 bits per heavy atom. The van der Waals surface area contributed by atoms with Crippen molar-refractivity contribution in [1.82, 2.24) is 19.8 Å². The fourth-order valence-electron chi connectivity index (χ4n) is 4.14. The molecule has 4 N–H and O–H groups in total. The summed E-state index contributed by atoms with van der Waals surface area (Å²) in [5.74, 6) is -0.216. The Balaban J connectivity index is 1.58. The molecule has 4 rings (SSSR count). The molecule has 0 aliphatic carbocycles. The van der Waals surface area contributed by atoms with Gasteiger partial charge in [0.2, 0.25) is 0 Å². The Bertz CT molecular complexity index is 1050. The summed E-state index contributed by atoms with van der Waals surface area (Å²) >= 11 is 6.46. The molecular formula is C23H28ClN5O3. The lowest BCUT2D eigenvalue weighted by Gasteiger charge is -2.34. The number of aromatic nitrogens is 2. The number of carbonyl (C=O) groups excluding carboxylic acids is 1. The van der Waals surface area contributed by atoms with Gasteiger partial charge in [-0.25, -0.2) is 0 Å². The molecule has 1 saturated heterocycles. The van der Waals surface area contributed by atoms with Gasteiger partial charge in [0, 0.05) is 56.7 Å². The molecule has 1 fully saturated rings. The number of pyridine rings is 1. The number of ether oxygens (including phenoxy) is 1. The predicted octanol–water partition coefficient (Wildman–Crippen LogP) is 1.81. The lowest BCUT2D eigenvalue weighted by Crippen LogP contribution is -2.43. The average molecular weight is 458 g/mol. The Morgan fingerprint density at radius 1 is 1.28 bits per heavy atom. The van der Waals surface area contributed by atoms with Crippen LogP contribution in [0, 0.1) is 0 Å². The molecule has 1 aromatic carbocycles. The van der Waals surface area contributed by atoms with Crippen molar-refractivity contribution in [3.8, 4) is 0 Å². The Kier molecular flexibility index (Phi) is 7.39. The van der Waals surface area contributed by atoms with Crippen molar-refractivity contribution >= 4 is 28.4 Å². The Labute approximate surface area is 191 Å². The second-order valence-electron chi connectivity index (χ2n) is 7.88. The first kappa shape index (κ1) is 22.7. The van der Waals surface area contributed by atoms with Gasteiger partial charge in [0.05, 0.1) is 41.5 Å². The van der Waals surface area contributed by atoms with E-state index in [0.717, 1.165) is 24.2 Å². The van der Waals surface area contributed by atoms with E-state index in [1.54, 1.807) is 18.5 Å². The average Bonchev–Trinajstić information content (AvgIpc) is 3.20. The molecule has 1 unspecified atom stereocenters. The highest BCUT2D eigenvalue weighted by molar-refractivity contribution is 6.36. The normalized spacial score (nSPS) is 16.7. The van der Waals surface area contributed by atoms with Gasteiger partial charge in [-0.15, -0.1) is 0 Å². The van der Waals surface area contributed by atoms with E-state index in [0.29, 0.717) is 35.7 Å². The second kappa shape index (κ2) is 10.4. The molecule has 1 aliphatic heterocycles.